The summed E-state index contributed by atoms with van der Waals surface area (Å²) in [4.78, 5) is 39.7. The van der Waals surface area contributed by atoms with Gasteiger partial charge in [-0.3, -0.25) is 9.59 Å². The molecule has 0 fully saturated rings. The zero-order valence-corrected chi connectivity index (χ0v) is 21.8. The molecule has 0 saturated heterocycles. The fourth-order valence-electron chi connectivity index (χ4n) is 5.33. The van der Waals surface area contributed by atoms with Crippen LogP contribution in [0.4, 0.5) is 24.5 Å². The molecule has 210 valence electrons. The maximum absolute atomic E-state index is 13.6. The molecule has 0 bridgehead atoms. The Morgan fingerprint density at radius 3 is 2.40 bits per heavy atom. The zero-order valence-electron chi connectivity index (χ0n) is 21.8. The Balaban J connectivity index is 1.49. The minimum atomic E-state index is -5.16. The lowest BCUT2D eigenvalue weighted by Crippen LogP contribution is -2.50. The van der Waals surface area contributed by atoms with Crippen LogP contribution in [-0.4, -0.2) is 61.8 Å². The number of fused-ring (bicyclic) bond motifs is 2. The number of nitrogens with zero attached hydrogens (tertiary/aromatic N) is 5. The van der Waals surface area contributed by atoms with Crippen LogP contribution in [0.15, 0.2) is 42.5 Å². The normalized spacial score (nSPS) is 16.9. The highest BCUT2D eigenvalue weighted by Gasteiger charge is 2.48. The lowest BCUT2D eigenvalue weighted by Gasteiger charge is -2.39. The number of hydrogen-bond acceptors (Lipinski definition) is 6. The fourth-order valence-corrected chi connectivity index (χ4v) is 5.33. The Morgan fingerprint density at radius 2 is 1.75 bits per heavy atom. The average molecular weight is 557 g/mol. The van der Waals surface area contributed by atoms with Crippen LogP contribution in [-0.2, 0) is 29.1 Å². The number of rotatable bonds is 5. The molecule has 0 saturated carbocycles. The first-order valence-corrected chi connectivity index (χ1v) is 12.8. The standard InChI is InChI=1S/C27H27F3N6O4/c1-15(2)23-33-32-21-14-34(12-13-35(21)23)20-5-3-4-19-18(20)10-11-36(26(40)27(28,29)30)22(19)24(37)31-17-8-6-16(7-9-17)25(38)39/h3-9,15,22H,10-14H2,1-2H3,(H,31,37)(H,38,39). The molecule has 3 heterocycles. The Hall–Kier alpha value is -4.42. The average Bonchev–Trinajstić information content (AvgIpc) is 3.35. The first-order chi connectivity index (χ1) is 19.0. The molecule has 1 atom stereocenters. The van der Waals surface area contributed by atoms with Crippen molar-refractivity contribution in [3.05, 3.63) is 70.8 Å². The highest BCUT2D eigenvalue weighted by molar-refractivity contribution is 5.99. The van der Waals surface area contributed by atoms with E-state index in [2.05, 4.69) is 25.0 Å². The van der Waals surface area contributed by atoms with Crippen molar-refractivity contribution in [2.75, 3.05) is 23.3 Å². The molecule has 2 aliphatic heterocycles. The molecule has 1 aromatic heterocycles. The molecule has 2 N–H and O–H groups in total. The fraction of sp³-hybridized carbons (Fsp3) is 0.370. The molecular weight excluding hydrogens is 529 g/mol. The van der Waals surface area contributed by atoms with Crippen LogP contribution < -0.4 is 10.2 Å². The lowest BCUT2D eigenvalue weighted by atomic mass is 9.89. The summed E-state index contributed by atoms with van der Waals surface area (Å²) in [5.41, 5.74) is 1.93. The summed E-state index contributed by atoms with van der Waals surface area (Å²) >= 11 is 0. The summed E-state index contributed by atoms with van der Waals surface area (Å²) in [6.07, 6.45) is -5.04. The van der Waals surface area contributed by atoms with Gasteiger partial charge in [0.25, 0.3) is 5.91 Å². The van der Waals surface area contributed by atoms with Crippen LogP contribution in [0.2, 0.25) is 0 Å². The predicted molar refractivity (Wildman–Crippen MR) is 138 cm³/mol. The minimum absolute atomic E-state index is 0.0163. The minimum Gasteiger partial charge on any atom is -0.478 e. The smallest absolute Gasteiger partial charge is 0.471 e. The van der Waals surface area contributed by atoms with Crippen LogP contribution >= 0.6 is 0 Å². The summed E-state index contributed by atoms with van der Waals surface area (Å²) in [5.74, 6) is -2.23. The van der Waals surface area contributed by atoms with Crippen molar-refractivity contribution >= 4 is 29.2 Å². The molecule has 1 unspecified atom stereocenters. The molecular formula is C27H27F3N6O4. The van der Waals surface area contributed by atoms with Crippen LogP contribution in [0.1, 0.15) is 58.9 Å². The number of carboxylic acid groups (broad SMARTS) is 1. The third-order valence-electron chi connectivity index (χ3n) is 7.19. The van der Waals surface area contributed by atoms with E-state index >= 15 is 0 Å². The molecule has 2 amide bonds. The monoisotopic (exact) mass is 556 g/mol. The number of aromatic nitrogens is 3. The van der Waals surface area contributed by atoms with Crippen molar-refractivity contribution in [1.82, 2.24) is 19.7 Å². The van der Waals surface area contributed by atoms with E-state index in [1.54, 1.807) is 12.1 Å². The van der Waals surface area contributed by atoms with E-state index in [4.69, 9.17) is 5.11 Å². The topological polar surface area (TPSA) is 121 Å². The van der Waals surface area contributed by atoms with Crippen molar-refractivity contribution < 1.29 is 32.7 Å². The molecule has 0 spiro atoms. The molecule has 0 aliphatic carbocycles. The predicted octanol–water partition coefficient (Wildman–Crippen LogP) is 3.75. The van der Waals surface area contributed by atoms with E-state index in [-0.39, 0.29) is 30.1 Å². The molecule has 13 heteroatoms. The van der Waals surface area contributed by atoms with Crippen LogP contribution in [0.5, 0.6) is 0 Å². The number of carbonyl (C=O) groups excluding carboxylic acids is 2. The number of anilines is 2. The van der Waals surface area contributed by atoms with Gasteiger partial charge < -0.3 is 24.8 Å². The largest absolute Gasteiger partial charge is 0.478 e. The van der Waals surface area contributed by atoms with Gasteiger partial charge in [0, 0.05) is 36.9 Å². The number of hydrogen-bond donors (Lipinski definition) is 2. The van der Waals surface area contributed by atoms with E-state index in [9.17, 15) is 27.6 Å². The quantitative estimate of drug-likeness (QED) is 0.491. The molecule has 2 aromatic carbocycles. The second kappa shape index (κ2) is 10.3. The van der Waals surface area contributed by atoms with Crippen molar-refractivity contribution in [2.24, 2.45) is 0 Å². The molecule has 5 rings (SSSR count). The number of carbonyl (C=O) groups is 3. The van der Waals surface area contributed by atoms with Gasteiger partial charge >= 0.3 is 18.1 Å². The zero-order chi connectivity index (χ0) is 28.8. The third-order valence-corrected chi connectivity index (χ3v) is 7.19. The first kappa shape index (κ1) is 27.2. The van der Waals surface area contributed by atoms with Crippen LogP contribution in [0.25, 0.3) is 0 Å². The van der Waals surface area contributed by atoms with Gasteiger partial charge in [0.05, 0.1) is 12.1 Å². The molecule has 0 radical (unpaired) electrons. The molecule has 2 aliphatic rings. The first-order valence-electron chi connectivity index (χ1n) is 12.8. The Kier molecular flexibility index (Phi) is 6.98. The number of aromatic carboxylic acids is 1. The second-order valence-electron chi connectivity index (χ2n) is 10.1. The molecule has 10 nitrogen and oxygen atoms in total. The van der Waals surface area contributed by atoms with Gasteiger partial charge in [0.1, 0.15) is 11.9 Å². The highest BCUT2D eigenvalue weighted by atomic mass is 19.4. The maximum Gasteiger partial charge on any atom is 0.471 e. The second-order valence-corrected chi connectivity index (χ2v) is 10.1. The van der Waals surface area contributed by atoms with Gasteiger partial charge in [0.15, 0.2) is 5.82 Å². The summed E-state index contributed by atoms with van der Waals surface area (Å²) in [7, 11) is 0. The Bertz CT molecular complexity index is 1470. The number of halogens is 3. The number of carboxylic acids is 1. The van der Waals surface area contributed by atoms with E-state index < -0.39 is 30.0 Å². The van der Waals surface area contributed by atoms with Gasteiger partial charge in [-0.1, -0.05) is 26.0 Å². The lowest BCUT2D eigenvalue weighted by molar-refractivity contribution is -0.188. The molecule has 3 aromatic rings. The molecule has 40 heavy (non-hydrogen) atoms. The summed E-state index contributed by atoms with van der Waals surface area (Å²) in [5, 5.41) is 20.3. The number of nitrogens with one attached hydrogen (secondary N) is 1. The SMILES string of the molecule is CC(C)c1nnc2n1CCN(c1cccc3c1CCN(C(=O)C(F)(F)F)C3C(=O)Nc1ccc(C(=O)O)cc1)C2. The van der Waals surface area contributed by atoms with Gasteiger partial charge in [-0.05, 0) is 47.9 Å². The van der Waals surface area contributed by atoms with Crippen LogP contribution in [0, 0.1) is 0 Å². The Labute approximate surface area is 227 Å². The number of amides is 2. The summed E-state index contributed by atoms with van der Waals surface area (Å²) in [6.45, 7) is 5.45. The van der Waals surface area contributed by atoms with Gasteiger partial charge in [-0.25, -0.2) is 4.79 Å². The van der Waals surface area contributed by atoms with Crippen molar-refractivity contribution in [2.45, 2.75) is 51.5 Å². The van der Waals surface area contributed by atoms with E-state index in [0.29, 0.717) is 35.7 Å². The van der Waals surface area contributed by atoms with Gasteiger partial charge in [-0.2, -0.15) is 13.2 Å². The number of benzene rings is 2. The summed E-state index contributed by atoms with van der Waals surface area (Å²) in [6, 6.07) is 8.76. The highest BCUT2D eigenvalue weighted by Crippen LogP contribution is 2.39. The van der Waals surface area contributed by atoms with Gasteiger partial charge in [0.2, 0.25) is 0 Å². The maximum atomic E-state index is 13.6. The van der Waals surface area contributed by atoms with Crippen molar-refractivity contribution in [3.63, 3.8) is 0 Å². The van der Waals surface area contributed by atoms with Crippen molar-refractivity contribution in [3.8, 4) is 0 Å². The van der Waals surface area contributed by atoms with Crippen molar-refractivity contribution in [1.29, 1.82) is 0 Å². The Morgan fingerprint density at radius 1 is 1.02 bits per heavy atom. The van der Waals surface area contributed by atoms with E-state index in [1.807, 2.05) is 19.9 Å². The van der Waals surface area contributed by atoms with E-state index in [0.717, 1.165) is 17.3 Å². The van der Waals surface area contributed by atoms with Crippen LogP contribution in [0.3, 0.4) is 0 Å². The van der Waals surface area contributed by atoms with Gasteiger partial charge in [-0.15, -0.1) is 10.2 Å². The van der Waals surface area contributed by atoms with E-state index in [1.165, 1.54) is 24.3 Å². The summed E-state index contributed by atoms with van der Waals surface area (Å²) < 4.78 is 42.8. The third kappa shape index (κ3) is 4.98. The number of alkyl halides is 3.